The molecule has 0 aromatic heterocycles. The Hall–Kier alpha value is -1.88. The molecule has 1 unspecified atom stereocenters. The van der Waals surface area contributed by atoms with Crippen LogP contribution in [0.1, 0.15) is 30.1 Å². The molecule has 5 heteroatoms. The first-order valence-electron chi connectivity index (χ1n) is 6.30. The number of hydrogen-bond acceptors (Lipinski definition) is 4. The monoisotopic (exact) mass is 265 g/mol. The lowest BCUT2D eigenvalue weighted by Crippen LogP contribution is -2.28. The Labute approximate surface area is 112 Å². The van der Waals surface area contributed by atoms with Crippen molar-refractivity contribution >= 4 is 11.9 Å². The van der Waals surface area contributed by atoms with Crippen LogP contribution in [-0.2, 0) is 9.53 Å². The van der Waals surface area contributed by atoms with Gasteiger partial charge in [-0.15, -0.1) is 0 Å². The van der Waals surface area contributed by atoms with Gasteiger partial charge >= 0.3 is 5.97 Å². The first-order chi connectivity index (χ1) is 9.13. The van der Waals surface area contributed by atoms with Crippen molar-refractivity contribution in [2.45, 2.75) is 25.9 Å². The molecule has 1 rings (SSSR count). The highest BCUT2D eigenvalue weighted by Crippen LogP contribution is 2.01. The second-order valence-electron chi connectivity index (χ2n) is 4.07. The zero-order valence-corrected chi connectivity index (χ0v) is 11.0. The molecule has 0 heterocycles. The number of amides is 1. The summed E-state index contributed by atoms with van der Waals surface area (Å²) in [4.78, 5) is 22.8. The topological polar surface area (TPSA) is 75.6 Å². The molecule has 0 saturated heterocycles. The summed E-state index contributed by atoms with van der Waals surface area (Å²) in [5, 5.41) is 12.3. The van der Waals surface area contributed by atoms with Crippen molar-refractivity contribution in [2.75, 3.05) is 13.2 Å². The number of hydrogen-bond donors (Lipinski definition) is 2. The lowest BCUT2D eigenvalue weighted by molar-refractivity contribution is -0.145. The number of rotatable bonds is 7. The second kappa shape index (κ2) is 8.26. The number of aliphatic hydroxyl groups is 1. The van der Waals surface area contributed by atoms with Crippen molar-refractivity contribution in [1.29, 1.82) is 0 Å². The van der Waals surface area contributed by atoms with Crippen LogP contribution >= 0.6 is 0 Å². The number of aliphatic hydroxyl groups excluding tert-OH is 1. The molecule has 1 amide bonds. The predicted octanol–water partition coefficient (Wildman–Crippen LogP) is 1.12. The van der Waals surface area contributed by atoms with E-state index in [1.807, 2.05) is 6.07 Å². The SMILES string of the molecule is CCOC(=O)CC(O)CCNC(=O)c1ccccc1. The fourth-order valence-corrected chi connectivity index (χ4v) is 1.56. The minimum Gasteiger partial charge on any atom is -0.466 e. The highest BCUT2D eigenvalue weighted by Gasteiger charge is 2.12. The van der Waals surface area contributed by atoms with E-state index in [2.05, 4.69) is 5.32 Å². The van der Waals surface area contributed by atoms with E-state index in [4.69, 9.17) is 4.74 Å². The van der Waals surface area contributed by atoms with E-state index in [1.165, 1.54) is 0 Å². The summed E-state index contributed by atoms with van der Waals surface area (Å²) in [6.07, 6.45) is -0.526. The number of esters is 1. The van der Waals surface area contributed by atoms with E-state index < -0.39 is 12.1 Å². The van der Waals surface area contributed by atoms with Gasteiger partial charge in [-0.3, -0.25) is 9.59 Å². The summed E-state index contributed by atoms with van der Waals surface area (Å²) in [5.74, 6) is -0.617. The average Bonchev–Trinajstić information content (AvgIpc) is 2.39. The van der Waals surface area contributed by atoms with Crippen molar-refractivity contribution in [2.24, 2.45) is 0 Å². The van der Waals surface area contributed by atoms with Crippen molar-refractivity contribution in [3.8, 4) is 0 Å². The smallest absolute Gasteiger partial charge is 0.308 e. The molecule has 1 aromatic carbocycles. The summed E-state index contributed by atoms with van der Waals surface area (Å²) < 4.78 is 4.72. The van der Waals surface area contributed by atoms with Crippen molar-refractivity contribution in [3.63, 3.8) is 0 Å². The van der Waals surface area contributed by atoms with Gasteiger partial charge in [0.15, 0.2) is 0 Å². The molecule has 0 aliphatic rings. The zero-order valence-electron chi connectivity index (χ0n) is 11.0. The largest absolute Gasteiger partial charge is 0.466 e. The van der Waals surface area contributed by atoms with Crippen LogP contribution in [0.4, 0.5) is 0 Å². The maximum atomic E-state index is 11.7. The van der Waals surface area contributed by atoms with Crippen LogP contribution in [0.25, 0.3) is 0 Å². The molecule has 0 fully saturated rings. The normalized spacial score (nSPS) is 11.7. The van der Waals surface area contributed by atoms with Gasteiger partial charge in [0, 0.05) is 12.1 Å². The first-order valence-corrected chi connectivity index (χ1v) is 6.30. The lowest BCUT2D eigenvalue weighted by Gasteiger charge is -2.10. The molecule has 0 radical (unpaired) electrons. The Morgan fingerprint density at radius 3 is 2.63 bits per heavy atom. The fourth-order valence-electron chi connectivity index (χ4n) is 1.56. The molecule has 0 spiro atoms. The fraction of sp³-hybridized carbons (Fsp3) is 0.429. The van der Waals surface area contributed by atoms with Crippen molar-refractivity contribution < 1.29 is 19.4 Å². The molecule has 0 aliphatic carbocycles. The van der Waals surface area contributed by atoms with Gasteiger partial charge in [0.25, 0.3) is 5.91 Å². The molecule has 104 valence electrons. The van der Waals surface area contributed by atoms with E-state index in [0.717, 1.165) is 0 Å². The third kappa shape index (κ3) is 6.01. The number of carbonyl (C=O) groups is 2. The van der Waals surface area contributed by atoms with E-state index in [9.17, 15) is 14.7 Å². The number of carbonyl (C=O) groups excluding carboxylic acids is 2. The molecular weight excluding hydrogens is 246 g/mol. The zero-order chi connectivity index (χ0) is 14.1. The van der Waals surface area contributed by atoms with Crippen molar-refractivity contribution in [1.82, 2.24) is 5.32 Å². The van der Waals surface area contributed by atoms with Crippen LogP contribution in [-0.4, -0.2) is 36.2 Å². The van der Waals surface area contributed by atoms with E-state index >= 15 is 0 Å². The molecule has 19 heavy (non-hydrogen) atoms. The van der Waals surface area contributed by atoms with Crippen LogP contribution in [0.2, 0.25) is 0 Å². The van der Waals surface area contributed by atoms with Gasteiger partial charge in [-0.05, 0) is 25.5 Å². The van der Waals surface area contributed by atoms with Gasteiger partial charge in [0.1, 0.15) is 0 Å². The molecule has 0 saturated carbocycles. The second-order valence-corrected chi connectivity index (χ2v) is 4.07. The van der Waals surface area contributed by atoms with Gasteiger partial charge in [-0.25, -0.2) is 0 Å². The Bertz CT molecular complexity index is 405. The summed E-state index contributed by atoms with van der Waals surface area (Å²) in [7, 11) is 0. The summed E-state index contributed by atoms with van der Waals surface area (Å²) >= 11 is 0. The lowest BCUT2D eigenvalue weighted by atomic mass is 10.1. The third-order valence-corrected chi connectivity index (χ3v) is 2.51. The maximum absolute atomic E-state index is 11.7. The Morgan fingerprint density at radius 1 is 1.32 bits per heavy atom. The van der Waals surface area contributed by atoms with Gasteiger partial charge < -0.3 is 15.2 Å². The Balaban J connectivity index is 2.23. The highest BCUT2D eigenvalue weighted by atomic mass is 16.5. The predicted molar refractivity (Wildman–Crippen MR) is 70.6 cm³/mol. The molecule has 0 aliphatic heterocycles. The standard InChI is InChI=1S/C14H19NO4/c1-2-19-13(17)10-12(16)8-9-15-14(18)11-6-4-3-5-7-11/h3-7,12,16H,2,8-10H2,1H3,(H,15,18). The van der Waals surface area contributed by atoms with Gasteiger partial charge in [-0.2, -0.15) is 0 Å². The molecule has 2 N–H and O–H groups in total. The van der Waals surface area contributed by atoms with Crippen LogP contribution in [0, 0.1) is 0 Å². The van der Waals surface area contributed by atoms with Crippen molar-refractivity contribution in [3.05, 3.63) is 35.9 Å². The maximum Gasteiger partial charge on any atom is 0.308 e. The molecule has 1 aromatic rings. The number of benzene rings is 1. The van der Waals surface area contributed by atoms with E-state index in [-0.39, 0.29) is 12.3 Å². The summed E-state index contributed by atoms with van der Waals surface area (Å²) in [5.41, 5.74) is 0.572. The first kappa shape index (κ1) is 15.2. The summed E-state index contributed by atoms with van der Waals surface area (Å²) in [6, 6.07) is 8.82. The average molecular weight is 265 g/mol. The summed E-state index contributed by atoms with van der Waals surface area (Å²) in [6.45, 7) is 2.33. The Morgan fingerprint density at radius 2 is 2.00 bits per heavy atom. The minimum atomic E-state index is -0.796. The van der Waals surface area contributed by atoms with Crippen LogP contribution < -0.4 is 5.32 Å². The molecule has 0 bridgehead atoms. The Kier molecular flexibility index (Phi) is 6.60. The van der Waals surface area contributed by atoms with Gasteiger partial charge in [0.05, 0.1) is 19.1 Å². The van der Waals surface area contributed by atoms with Crippen LogP contribution in [0.15, 0.2) is 30.3 Å². The molecule has 5 nitrogen and oxygen atoms in total. The molecule has 1 atom stereocenters. The highest BCUT2D eigenvalue weighted by molar-refractivity contribution is 5.94. The van der Waals surface area contributed by atoms with E-state index in [1.54, 1.807) is 31.2 Å². The number of nitrogens with one attached hydrogen (secondary N) is 1. The third-order valence-electron chi connectivity index (χ3n) is 2.51. The van der Waals surface area contributed by atoms with Crippen LogP contribution in [0.5, 0.6) is 0 Å². The van der Waals surface area contributed by atoms with E-state index in [0.29, 0.717) is 25.1 Å². The number of ether oxygens (including phenoxy) is 1. The molecular formula is C14H19NO4. The minimum absolute atomic E-state index is 0.0466. The quantitative estimate of drug-likeness (QED) is 0.724. The van der Waals surface area contributed by atoms with Crippen LogP contribution in [0.3, 0.4) is 0 Å². The van der Waals surface area contributed by atoms with Gasteiger partial charge in [-0.1, -0.05) is 18.2 Å². The van der Waals surface area contributed by atoms with Gasteiger partial charge in [0.2, 0.25) is 0 Å².